The number of aryl methyl sites for hydroxylation is 1. The molecular weight excluding hydrogens is 254 g/mol. The maximum atomic E-state index is 13.4. The molecule has 1 amide bonds. The van der Waals surface area contributed by atoms with Crippen LogP contribution in [0.2, 0.25) is 0 Å². The topological polar surface area (TPSA) is 72.9 Å². The van der Waals surface area contributed by atoms with E-state index in [1.54, 1.807) is 13.2 Å². The summed E-state index contributed by atoms with van der Waals surface area (Å²) in [5, 5.41) is 6.45. The number of nitrogens with zero attached hydrogens (tertiary/aromatic N) is 2. The molecule has 0 unspecified atom stereocenters. The highest BCUT2D eigenvalue weighted by Crippen LogP contribution is 2.15. The van der Waals surface area contributed by atoms with Gasteiger partial charge in [0.2, 0.25) is 0 Å². The first-order valence-electron chi connectivity index (χ1n) is 5.50. The number of carbonyl (C=O) groups excluding carboxylic acids is 1. The van der Waals surface area contributed by atoms with Crippen LogP contribution in [0, 0.1) is 11.6 Å². The second kappa shape index (κ2) is 5.15. The Labute approximate surface area is 108 Å². The lowest BCUT2D eigenvalue weighted by molar-refractivity contribution is 0.102. The maximum absolute atomic E-state index is 13.4. The molecule has 7 heteroatoms. The molecule has 1 aromatic carbocycles. The lowest BCUT2D eigenvalue weighted by Crippen LogP contribution is -2.16. The van der Waals surface area contributed by atoms with E-state index in [0.717, 1.165) is 12.1 Å². The second-order valence-electron chi connectivity index (χ2n) is 3.96. The van der Waals surface area contributed by atoms with Gasteiger partial charge < -0.3 is 11.1 Å². The molecule has 0 aliphatic carbocycles. The van der Waals surface area contributed by atoms with Crippen LogP contribution < -0.4 is 11.1 Å². The quantitative estimate of drug-likeness (QED) is 0.882. The predicted octanol–water partition coefficient (Wildman–Crippen LogP) is 1.41. The van der Waals surface area contributed by atoms with E-state index in [4.69, 9.17) is 5.73 Å². The van der Waals surface area contributed by atoms with Crippen LogP contribution in [0.4, 0.5) is 14.6 Å². The van der Waals surface area contributed by atoms with E-state index in [1.165, 1.54) is 4.68 Å². The molecule has 2 aromatic rings. The fraction of sp³-hybridized carbons (Fsp3) is 0.167. The summed E-state index contributed by atoms with van der Waals surface area (Å²) in [5.41, 5.74) is 5.87. The van der Waals surface area contributed by atoms with Gasteiger partial charge >= 0.3 is 0 Å². The van der Waals surface area contributed by atoms with E-state index in [-0.39, 0.29) is 17.9 Å². The van der Waals surface area contributed by atoms with Gasteiger partial charge in [0, 0.05) is 31.4 Å². The minimum atomic E-state index is -0.928. The van der Waals surface area contributed by atoms with Crippen LogP contribution in [0.3, 0.4) is 0 Å². The van der Waals surface area contributed by atoms with Gasteiger partial charge in [-0.05, 0) is 12.1 Å². The molecule has 3 N–H and O–H groups in total. The van der Waals surface area contributed by atoms with Crippen LogP contribution in [-0.4, -0.2) is 15.7 Å². The summed E-state index contributed by atoms with van der Waals surface area (Å²) >= 11 is 0. The molecule has 0 atom stereocenters. The molecule has 0 saturated carbocycles. The highest BCUT2D eigenvalue weighted by atomic mass is 19.1. The first-order chi connectivity index (χ1) is 9.01. The average molecular weight is 266 g/mol. The third-order valence-corrected chi connectivity index (χ3v) is 2.53. The monoisotopic (exact) mass is 266 g/mol. The molecule has 100 valence electrons. The number of aromatic nitrogens is 2. The third-order valence-electron chi connectivity index (χ3n) is 2.53. The van der Waals surface area contributed by atoms with Gasteiger partial charge in [-0.2, -0.15) is 5.10 Å². The molecule has 0 saturated heterocycles. The maximum Gasteiger partial charge on any atom is 0.259 e. The van der Waals surface area contributed by atoms with Crippen LogP contribution in [0.15, 0.2) is 24.4 Å². The standard InChI is InChI=1S/C12H12F2N4O/c1-18-6-7(5-15)11(17-18)16-12(19)9-3-2-8(13)4-10(9)14/h2-4,6H,5,15H2,1H3,(H,16,17,19). The van der Waals surface area contributed by atoms with Gasteiger partial charge in [-0.3, -0.25) is 9.48 Å². The number of hydrogen-bond acceptors (Lipinski definition) is 3. The van der Waals surface area contributed by atoms with E-state index >= 15 is 0 Å². The minimum absolute atomic E-state index is 0.190. The SMILES string of the molecule is Cn1cc(CN)c(NC(=O)c2ccc(F)cc2F)n1. The van der Waals surface area contributed by atoms with Gasteiger partial charge in [-0.15, -0.1) is 0 Å². The second-order valence-corrected chi connectivity index (χ2v) is 3.96. The van der Waals surface area contributed by atoms with Gasteiger partial charge in [-0.25, -0.2) is 8.78 Å². The van der Waals surface area contributed by atoms with Gasteiger partial charge in [-0.1, -0.05) is 0 Å². The Bertz CT molecular complexity index is 624. The highest BCUT2D eigenvalue weighted by Gasteiger charge is 2.15. The Kier molecular flexibility index (Phi) is 3.57. The van der Waals surface area contributed by atoms with Crippen LogP contribution in [0.1, 0.15) is 15.9 Å². The van der Waals surface area contributed by atoms with Crippen LogP contribution in [0.5, 0.6) is 0 Å². The lowest BCUT2D eigenvalue weighted by Gasteiger charge is -2.05. The van der Waals surface area contributed by atoms with Gasteiger partial charge in [0.15, 0.2) is 5.82 Å². The smallest absolute Gasteiger partial charge is 0.259 e. The van der Waals surface area contributed by atoms with Gasteiger partial charge in [0.25, 0.3) is 5.91 Å². The number of nitrogens with two attached hydrogens (primary N) is 1. The molecule has 0 fully saturated rings. The van der Waals surface area contributed by atoms with Crippen molar-refractivity contribution in [2.45, 2.75) is 6.54 Å². The number of hydrogen-bond donors (Lipinski definition) is 2. The summed E-state index contributed by atoms with van der Waals surface area (Å²) in [6, 6.07) is 2.74. The van der Waals surface area contributed by atoms with Crippen LogP contribution in [-0.2, 0) is 13.6 Å². The summed E-state index contributed by atoms with van der Waals surface area (Å²) in [7, 11) is 1.67. The Hall–Kier alpha value is -2.28. The molecule has 0 aliphatic heterocycles. The minimum Gasteiger partial charge on any atom is -0.326 e. The summed E-state index contributed by atoms with van der Waals surface area (Å²) < 4.78 is 27.7. The van der Waals surface area contributed by atoms with Crippen LogP contribution >= 0.6 is 0 Å². The Morgan fingerprint density at radius 1 is 1.47 bits per heavy atom. The third kappa shape index (κ3) is 2.76. The van der Waals surface area contributed by atoms with E-state index in [9.17, 15) is 13.6 Å². The van der Waals surface area contributed by atoms with Gasteiger partial charge in [0.1, 0.15) is 11.6 Å². The Balaban J connectivity index is 2.25. The average Bonchev–Trinajstić information content (AvgIpc) is 2.69. The first kappa shape index (κ1) is 13.2. The van der Waals surface area contributed by atoms with Crippen molar-refractivity contribution in [3.8, 4) is 0 Å². The molecule has 5 nitrogen and oxygen atoms in total. The first-order valence-corrected chi connectivity index (χ1v) is 5.50. The van der Waals surface area contributed by atoms with Crippen molar-refractivity contribution in [3.05, 3.63) is 47.2 Å². The molecule has 19 heavy (non-hydrogen) atoms. The largest absolute Gasteiger partial charge is 0.326 e. The van der Waals surface area contributed by atoms with E-state index in [0.29, 0.717) is 11.6 Å². The molecule has 0 radical (unpaired) electrons. The summed E-state index contributed by atoms with van der Waals surface area (Å²) in [5.74, 6) is -2.11. The van der Waals surface area contributed by atoms with Crippen molar-refractivity contribution in [2.75, 3.05) is 5.32 Å². The molecule has 0 spiro atoms. The normalized spacial score (nSPS) is 10.5. The predicted molar refractivity (Wildman–Crippen MR) is 65.4 cm³/mol. The molecule has 2 rings (SSSR count). The Morgan fingerprint density at radius 2 is 2.21 bits per heavy atom. The zero-order chi connectivity index (χ0) is 14.0. The molecule has 1 aromatic heterocycles. The number of carbonyl (C=O) groups is 1. The van der Waals surface area contributed by atoms with E-state index < -0.39 is 17.5 Å². The number of amides is 1. The molecular formula is C12H12F2N4O. The summed E-state index contributed by atoms with van der Waals surface area (Å²) in [6.07, 6.45) is 1.65. The van der Waals surface area contributed by atoms with E-state index in [2.05, 4.69) is 10.4 Å². The highest BCUT2D eigenvalue weighted by molar-refractivity contribution is 6.04. The lowest BCUT2D eigenvalue weighted by atomic mass is 10.2. The fourth-order valence-corrected chi connectivity index (χ4v) is 1.64. The molecule has 0 bridgehead atoms. The zero-order valence-electron chi connectivity index (χ0n) is 10.2. The number of nitrogens with one attached hydrogen (secondary N) is 1. The summed E-state index contributed by atoms with van der Waals surface area (Å²) in [4.78, 5) is 11.9. The number of halogens is 2. The number of anilines is 1. The molecule has 0 aliphatic rings. The zero-order valence-corrected chi connectivity index (χ0v) is 10.2. The van der Waals surface area contributed by atoms with Crippen molar-refractivity contribution in [1.82, 2.24) is 9.78 Å². The van der Waals surface area contributed by atoms with Crippen molar-refractivity contribution < 1.29 is 13.6 Å². The van der Waals surface area contributed by atoms with E-state index in [1.807, 2.05) is 0 Å². The molecule has 1 heterocycles. The number of rotatable bonds is 3. The summed E-state index contributed by atoms with van der Waals surface area (Å²) in [6.45, 7) is 0.190. The van der Waals surface area contributed by atoms with Crippen LogP contribution in [0.25, 0.3) is 0 Å². The van der Waals surface area contributed by atoms with Crippen molar-refractivity contribution in [2.24, 2.45) is 12.8 Å². The Morgan fingerprint density at radius 3 is 2.84 bits per heavy atom. The van der Waals surface area contributed by atoms with Crippen molar-refractivity contribution in [3.63, 3.8) is 0 Å². The van der Waals surface area contributed by atoms with Gasteiger partial charge in [0.05, 0.1) is 5.56 Å². The number of benzene rings is 1. The fourth-order valence-electron chi connectivity index (χ4n) is 1.64. The van der Waals surface area contributed by atoms with Crippen molar-refractivity contribution in [1.29, 1.82) is 0 Å². The van der Waals surface area contributed by atoms with Crippen molar-refractivity contribution >= 4 is 11.7 Å².